The van der Waals surface area contributed by atoms with E-state index in [0.717, 1.165) is 19.3 Å². The van der Waals surface area contributed by atoms with Crippen molar-refractivity contribution in [2.75, 3.05) is 0 Å². The van der Waals surface area contributed by atoms with E-state index < -0.39 is 12.1 Å². The van der Waals surface area contributed by atoms with E-state index >= 15 is 0 Å². The van der Waals surface area contributed by atoms with Crippen LogP contribution in [0.4, 0.5) is 0 Å². The normalized spacial score (nSPS) is 13.0. The van der Waals surface area contributed by atoms with Gasteiger partial charge in [0.25, 0.3) is 0 Å². The Bertz CT molecular complexity index is 101. The highest BCUT2D eigenvalue weighted by Crippen LogP contribution is 2.01. The van der Waals surface area contributed by atoms with Crippen LogP contribution in [0.3, 0.4) is 0 Å². The van der Waals surface area contributed by atoms with Gasteiger partial charge in [0.2, 0.25) is 0 Å². The third kappa shape index (κ3) is 4.32. The minimum absolute atomic E-state index is 0.316. The molecular formula is C7H13O3-. The summed E-state index contributed by atoms with van der Waals surface area (Å²) < 4.78 is 0. The highest BCUT2D eigenvalue weighted by atomic mass is 16.4. The zero-order valence-corrected chi connectivity index (χ0v) is 6.17. The first-order valence-electron chi connectivity index (χ1n) is 3.57. The Hall–Kier alpha value is -0.570. The van der Waals surface area contributed by atoms with Crippen molar-refractivity contribution in [1.82, 2.24) is 0 Å². The van der Waals surface area contributed by atoms with Crippen molar-refractivity contribution in [3.8, 4) is 0 Å². The maximum absolute atomic E-state index is 9.93. The number of hydrogen-bond acceptors (Lipinski definition) is 3. The third-order valence-electron chi connectivity index (χ3n) is 1.35. The molecule has 3 heteroatoms. The second-order valence-electron chi connectivity index (χ2n) is 2.33. The largest absolute Gasteiger partial charge is 0.547 e. The van der Waals surface area contributed by atoms with Crippen LogP contribution in [0.1, 0.15) is 32.6 Å². The number of aliphatic hydroxyl groups is 1. The first kappa shape index (κ1) is 9.43. The summed E-state index contributed by atoms with van der Waals surface area (Å²) in [5, 5.41) is 18.6. The van der Waals surface area contributed by atoms with E-state index in [-0.39, 0.29) is 0 Å². The van der Waals surface area contributed by atoms with Gasteiger partial charge in [0.15, 0.2) is 0 Å². The van der Waals surface area contributed by atoms with Gasteiger partial charge >= 0.3 is 0 Å². The van der Waals surface area contributed by atoms with Crippen molar-refractivity contribution in [2.45, 2.75) is 38.7 Å². The van der Waals surface area contributed by atoms with Gasteiger partial charge in [-0.1, -0.05) is 26.2 Å². The second-order valence-corrected chi connectivity index (χ2v) is 2.33. The number of aliphatic carboxylic acids is 1. The van der Waals surface area contributed by atoms with Crippen LogP contribution < -0.4 is 5.11 Å². The summed E-state index contributed by atoms with van der Waals surface area (Å²) in [4.78, 5) is 9.93. The molecule has 0 bridgehead atoms. The number of carboxylic acids is 1. The number of aliphatic hydroxyl groups excluding tert-OH is 1. The summed E-state index contributed by atoms with van der Waals surface area (Å²) >= 11 is 0. The van der Waals surface area contributed by atoms with Gasteiger partial charge in [-0.25, -0.2) is 0 Å². The van der Waals surface area contributed by atoms with E-state index in [1.807, 2.05) is 6.92 Å². The van der Waals surface area contributed by atoms with Crippen molar-refractivity contribution >= 4 is 5.97 Å². The first-order valence-corrected chi connectivity index (χ1v) is 3.57. The van der Waals surface area contributed by atoms with Gasteiger partial charge < -0.3 is 15.0 Å². The molecule has 0 aromatic rings. The van der Waals surface area contributed by atoms with Gasteiger partial charge in [-0.15, -0.1) is 0 Å². The monoisotopic (exact) mass is 145 g/mol. The van der Waals surface area contributed by atoms with Gasteiger partial charge in [0.1, 0.15) is 0 Å². The van der Waals surface area contributed by atoms with E-state index in [0.29, 0.717) is 6.42 Å². The molecule has 0 amide bonds. The van der Waals surface area contributed by atoms with E-state index in [1.165, 1.54) is 0 Å². The fourth-order valence-electron chi connectivity index (χ4n) is 0.706. The molecular weight excluding hydrogens is 132 g/mol. The average Bonchev–Trinajstić information content (AvgIpc) is 1.88. The number of unbranched alkanes of at least 4 members (excludes halogenated alkanes) is 2. The molecule has 0 rings (SSSR count). The lowest BCUT2D eigenvalue weighted by molar-refractivity contribution is -0.315. The molecule has 0 spiro atoms. The minimum atomic E-state index is -1.36. The summed E-state index contributed by atoms with van der Waals surface area (Å²) in [6, 6.07) is 0. The summed E-state index contributed by atoms with van der Waals surface area (Å²) in [5.41, 5.74) is 0. The molecule has 3 nitrogen and oxygen atoms in total. The third-order valence-corrected chi connectivity index (χ3v) is 1.35. The molecule has 0 aliphatic heterocycles. The van der Waals surface area contributed by atoms with Crippen LogP contribution in [0.2, 0.25) is 0 Å². The molecule has 0 unspecified atom stereocenters. The number of rotatable bonds is 5. The summed E-state index contributed by atoms with van der Waals surface area (Å²) in [6.07, 6.45) is 1.79. The van der Waals surface area contributed by atoms with E-state index in [1.54, 1.807) is 0 Å². The van der Waals surface area contributed by atoms with Gasteiger partial charge in [-0.05, 0) is 6.42 Å². The fraction of sp³-hybridized carbons (Fsp3) is 0.857. The standard InChI is InChI=1S/C7H14O3/c1-2-3-4-5-6(8)7(9)10/h6,8H,2-5H2,1H3,(H,9,10)/p-1/t6-/m1/s1. The molecule has 60 valence electrons. The molecule has 0 saturated heterocycles. The van der Waals surface area contributed by atoms with Crippen molar-refractivity contribution < 1.29 is 15.0 Å². The molecule has 0 fully saturated rings. The maximum atomic E-state index is 9.93. The molecule has 0 aliphatic carbocycles. The molecule has 0 heterocycles. The summed E-state index contributed by atoms with van der Waals surface area (Å²) in [7, 11) is 0. The fourth-order valence-corrected chi connectivity index (χ4v) is 0.706. The summed E-state index contributed by atoms with van der Waals surface area (Å²) in [5.74, 6) is -1.36. The summed E-state index contributed by atoms with van der Waals surface area (Å²) in [6.45, 7) is 2.02. The molecule has 1 N–H and O–H groups in total. The molecule has 0 saturated carbocycles. The van der Waals surface area contributed by atoms with Crippen molar-refractivity contribution in [3.05, 3.63) is 0 Å². The Morgan fingerprint density at radius 1 is 1.60 bits per heavy atom. The van der Waals surface area contributed by atoms with Gasteiger partial charge in [-0.3, -0.25) is 0 Å². The Morgan fingerprint density at radius 2 is 2.20 bits per heavy atom. The molecule has 0 aromatic heterocycles. The average molecular weight is 145 g/mol. The highest BCUT2D eigenvalue weighted by molar-refractivity contribution is 5.69. The Balaban J connectivity index is 3.21. The quantitative estimate of drug-likeness (QED) is 0.539. The number of carbonyl (C=O) groups is 1. The molecule has 0 aliphatic rings. The predicted molar refractivity (Wildman–Crippen MR) is 35.2 cm³/mol. The van der Waals surface area contributed by atoms with E-state index in [9.17, 15) is 9.90 Å². The van der Waals surface area contributed by atoms with Crippen LogP contribution in [0.5, 0.6) is 0 Å². The second kappa shape index (κ2) is 5.23. The van der Waals surface area contributed by atoms with Crippen LogP contribution in [-0.4, -0.2) is 17.2 Å². The van der Waals surface area contributed by atoms with Crippen molar-refractivity contribution in [3.63, 3.8) is 0 Å². The number of carbonyl (C=O) groups excluding carboxylic acids is 1. The predicted octanol–water partition coefficient (Wildman–Crippen LogP) is -0.322. The van der Waals surface area contributed by atoms with E-state index in [2.05, 4.69) is 0 Å². The Labute approximate surface area is 60.7 Å². The van der Waals surface area contributed by atoms with Crippen LogP contribution >= 0.6 is 0 Å². The van der Waals surface area contributed by atoms with Crippen molar-refractivity contribution in [2.24, 2.45) is 0 Å². The van der Waals surface area contributed by atoms with Crippen LogP contribution in [0.15, 0.2) is 0 Å². The molecule has 0 radical (unpaired) electrons. The van der Waals surface area contributed by atoms with Gasteiger partial charge in [0.05, 0.1) is 12.1 Å². The molecule has 1 atom stereocenters. The van der Waals surface area contributed by atoms with Crippen LogP contribution in [0, 0.1) is 0 Å². The zero-order valence-electron chi connectivity index (χ0n) is 6.17. The highest BCUT2D eigenvalue weighted by Gasteiger charge is 2.02. The lowest BCUT2D eigenvalue weighted by Crippen LogP contribution is -2.35. The Morgan fingerprint density at radius 3 is 2.60 bits per heavy atom. The smallest absolute Gasteiger partial charge is 0.0933 e. The Kier molecular flexibility index (Phi) is 4.94. The van der Waals surface area contributed by atoms with Crippen LogP contribution in [-0.2, 0) is 4.79 Å². The van der Waals surface area contributed by atoms with Gasteiger partial charge in [0, 0.05) is 0 Å². The molecule has 0 aromatic carbocycles. The molecule has 10 heavy (non-hydrogen) atoms. The van der Waals surface area contributed by atoms with Crippen LogP contribution in [0.25, 0.3) is 0 Å². The minimum Gasteiger partial charge on any atom is -0.547 e. The van der Waals surface area contributed by atoms with E-state index in [4.69, 9.17) is 5.11 Å². The maximum Gasteiger partial charge on any atom is 0.0933 e. The number of hydrogen-bond donors (Lipinski definition) is 1. The lowest BCUT2D eigenvalue weighted by atomic mass is 10.1. The first-order chi connectivity index (χ1) is 4.68. The number of carboxylic acid groups (broad SMARTS) is 1. The van der Waals surface area contributed by atoms with Crippen molar-refractivity contribution in [1.29, 1.82) is 0 Å². The zero-order chi connectivity index (χ0) is 7.98. The topological polar surface area (TPSA) is 60.4 Å². The SMILES string of the molecule is CCCCC[C@@H](O)C(=O)[O-]. The lowest BCUT2D eigenvalue weighted by Gasteiger charge is -2.09. The van der Waals surface area contributed by atoms with Gasteiger partial charge in [-0.2, -0.15) is 0 Å².